The fourth-order valence-electron chi connectivity index (χ4n) is 4.12. The molecule has 2 heterocycles. The fraction of sp³-hybridized carbons (Fsp3) is 0.385. The van der Waals surface area contributed by atoms with Gasteiger partial charge in [0, 0.05) is 16.4 Å². The Hall–Kier alpha value is -2.80. The predicted molar refractivity (Wildman–Crippen MR) is 145 cm³/mol. The Morgan fingerprint density at radius 1 is 1.33 bits per heavy atom. The van der Waals surface area contributed by atoms with Crippen LogP contribution in [0.5, 0.6) is 5.75 Å². The van der Waals surface area contributed by atoms with Crippen molar-refractivity contribution in [3.8, 4) is 11.8 Å². The zero-order valence-corrected chi connectivity index (χ0v) is 22.6. The second kappa shape index (κ2) is 12.4. The lowest BCUT2D eigenvalue weighted by Gasteiger charge is -2.10. The summed E-state index contributed by atoms with van der Waals surface area (Å²) in [5, 5.41) is 23.2. The minimum absolute atomic E-state index is 0.153. The van der Waals surface area contributed by atoms with E-state index in [2.05, 4.69) is 28.2 Å². The summed E-state index contributed by atoms with van der Waals surface area (Å²) in [6.45, 7) is 6.46. The normalized spacial score (nSPS) is 13.2. The van der Waals surface area contributed by atoms with Crippen LogP contribution in [0.2, 0.25) is 5.02 Å². The predicted octanol–water partition coefficient (Wildman–Crippen LogP) is 6.33. The van der Waals surface area contributed by atoms with Gasteiger partial charge in [-0.3, -0.25) is 9.36 Å². The van der Waals surface area contributed by atoms with E-state index in [-0.39, 0.29) is 18.3 Å². The van der Waals surface area contributed by atoms with Gasteiger partial charge in [-0.1, -0.05) is 42.3 Å². The first-order valence-electron chi connectivity index (χ1n) is 11.9. The lowest BCUT2D eigenvalue weighted by atomic mass is 9.97. The monoisotopic (exact) mass is 541 g/mol. The van der Waals surface area contributed by atoms with Gasteiger partial charge in [-0.15, -0.1) is 28.1 Å². The number of nitrogens with one attached hydrogen (secondary N) is 1. The Labute approximate surface area is 224 Å². The molecule has 0 unspecified atom stereocenters. The topological polar surface area (TPSA) is 92.8 Å². The maximum Gasteiger partial charge on any atom is 0.235 e. The van der Waals surface area contributed by atoms with E-state index in [1.54, 1.807) is 23.5 Å². The minimum atomic E-state index is -0.173. The molecule has 0 spiro atoms. The Morgan fingerprint density at radius 3 is 2.89 bits per heavy atom. The number of thiophene rings is 1. The number of aromatic nitrogens is 3. The second-order valence-electron chi connectivity index (χ2n) is 8.57. The van der Waals surface area contributed by atoms with Crippen LogP contribution in [0.4, 0.5) is 5.00 Å². The van der Waals surface area contributed by atoms with Crippen LogP contribution in [0.3, 0.4) is 0 Å². The average molecular weight is 542 g/mol. The second-order valence-corrected chi connectivity index (χ2v) is 11.0. The van der Waals surface area contributed by atoms with Crippen molar-refractivity contribution in [1.82, 2.24) is 14.8 Å². The van der Waals surface area contributed by atoms with Crippen molar-refractivity contribution in [1.29, 1.82) is 5.26 Å². The van der Waals surface area contributed by atoms with Crippen LogP contribution in [-0.4, -0.2) is 26.4 Å². The molecule has 7 nitrogen and oxygen atoms in total. The third kappa shape index (κ3) is 6.30. The van der Waals surface area contributed by atoms with Crippen molar-refractivity contribution < 1.29 is 9.53 Å². The molecule has 2 aromatic heterocycles. The van der Waals surface area contributed by atoms with Crippen LogP contribution >= 0.6 is 34.7 Å². The minimum Gasteiger partial charge on any atom is -0.486 e. The summed E-state index contributed by atoms with van der Waals surface area (Å²) in [6, 6.07) is 7.80. The molecule has 0 radical (unpaired) electrons. The van der Waals surface area contributed by atoms with Crippen molar-refractivity contribution in [2.45, 2.75) is 63.8 Å². The molecule has 1 N–H and O–H groups in total. The SMILES string of the molecule is C=CCn1c(COc2ccc(Cl)c(C)c2)nnc1SCC(=O)Nc1sc2c(c1C#N)CCCCCC2. The van der Waals surface area contributed by atoms with Crippen molar-refractivity contribution in [2.75, 3.05) is 11.1 Å². The van der Waals surface area contributed by atoms with Gasteiger partial charge in [-0.05, 0) is 61.9 Å². The van der Waals surface area contributed by atoms with Gasteiger partial charge in [0.2, 0.25) is 5.91 Å². The summed E-state index contributed by atoms with van der Waals surface area (Å²) in [5.74, 6) is 1.31. The van der Waals surface area contributed by atoms with Crippen LogP contribution < -0.4 is 10.1 Å². The van der Waals surface area contributed by atoms with Gasteiger partial charge in [0.15, 0.2) is 11.0 Å². The molecule has 0 fully saturated rings. The Morgan fingerprint density at radius 2 is 2.14 bits per heavy atom. The molecule has 0 aliphatic heterocycles. The van der Waals surface area contributed by atoms with Crippen LogP contribution in [0, 0.1) is 18.3 Å². The number of nitriles is 1. The zero-order valence-electron chi connectivity index (χ0n) is 20.2. The molecular weight excluding hydrogens is 514 g/mol. The highest BCUT2D eigenvalue weighted by atomic mass is 35.5. The van der Waals surface area contributed by atoms with Crippen LogP contribution in [0.25, 0.3) is 0 Å². The number of benzene rings is 1. The number of ether oxygens (including phenoxy) is 1. The van der Waals surface area contributed by atoms with Crippen LogP contribution in [0.1, 0.15) is 53.1 Å². The van der Waals surface area contributed by atoms with E-state index >= 15 is 0 Å². The number of halogens is 1. The van der Waals surface area contributed by atoms with E-state index < -0.39 is 0 Å². The van der Waals surface area contributed by atoms with Gasteiger partial charge >= 0.3 is 0 Å². The van der Waals surface area contributed by atoms with Crippen molar-refractivity contribution in [3.05, 3.63) is 63.3 Å². The standard InChI is InChI=1S/C26H28ClN5O2S2/c1-3-12-32-23(15-34-18-10-11-21(27)17(2)13-18)30-31-26(32)35-16-24(33)29-25-20(14-28)19-8-6-4-5-7-9-22(19)36-25/h3,10-11,13H,1,4-9,12,15-16H2,2H3,(H,29,33). The number of aryl methyl sites for hydroxylation is 2. The van der Waals surface area contributed by atoms with Crippen molar-refractivity contribution >= 4 is 45.6 Å². The van der Waals surface area contributed by atoms with Gasteiger partial charge in [-0.2, -0.15) is 5.26 Å². The molecule has 188 valence electrons. The Kier molecular flexibility index (Phi) is 9.08. The Balaban J connectivity index is 1.40. The Bertz CT molecular complexity index is 1290. The van der Waals surface area contributed by atoms with Gasteiger partial charge in [0.25, 0.3) is 0 Å². The molecule has 10 heteroatoms. The molecule has 3 aromatic rings. The molecular formula is C26H28ClN5O2S2. The number of rotatable bonds is 9. The third-order valence-corrected chi connectivity index (χ3v) is 8.57. The summed E-state index contributed by atoms with van der Waals surface area (Å²) < 4.78 is 7.76. The van der Waals surface area contributed by atoms with Gasteiger partial charge in [-0.25, -0.2) is 0 Å². The fourth-order valence-corrected chi connectivity index (χ4v) is 6.26. The number of amides is 1. The quantitative estimate of drug-likeness (QED) is 0.251. The molecule has 1 aliphatic rings. The highest BCUT2D eigenvalue weighted by Crippen LogP contribution is 2.36. The number of hydrogen-bond acceptors (Lipinski definition) is 7. The van der Waals surface area contributed by atoms with Crippen LogP contribution in [0.15, 0.2) is 36.0 Å². The molecule has 1 aliphatic carbocycles. The molecule has 36 heavy (non-hydrogen) atoms. The van der Waals surface area contributed by atoms with E-state index in [4.69, 9.17) is 16.3 Å². The first kappa shape index (κ1) is 26.3. The lowest BCUT2D eigenvalue weighted by molar-refractivity contribution is -0.113. The van der Waals surface area contributed by atoms with E-state index in [9.17, 15) is 10.1 Å². The van der Waals surface area contributed by atoms with Crippen molar-refractivity contribution in [3.63, 3.8) is 0 Å². The van der Waals surface area contributed by atoms with E-state index in [1.807, 2.05) is 23.6 Å². The lowest BCUT2D eigenvalue weighted by Crippen LogP contribution is -2.15. The summed E-state index contributed by atoms with van der Waals surface area (Å²) in [6.07, 6.45) is 8.26. The van der Waals surface area contributed by atoms with Gasteiger partial charge in [0.05, 0.1) is 11.3 Å². The number of nitrogens with zero attached hydrogens (tertiary/aromatic N) is 4. The smallest absolute Gasteiger partial charge is 0.235 e. The number of thioether (sulfide) groups is 1. The number of carbonyl (C=O) groups excluding carboxylic acids is 1. The molecule has 4 rings (SSSR count). The van der Waals surface area contributed by atoms with E-state index in [1.165, 1.54) is 29.5 Å². The molecule has 0 saturated carbocycles. The number of carbonyl (C=O) groups is 1. The highest BCUT2D eigenvalue weighted by Gasteiger charge is 2.21. The van der Waals surface area contributed by atoms with Gasteiger partial charge in [0.1, 0.15) is 23.4 Å². The van der Waals surface area contributed by atoms with E-state index in [0.29, 0.717) is 38.9 Å². The first-order valence-corrected chi connectivity index (χ1v) is 14.1. The average Bonchev–Trinajstić information content (AvgIpc) is 3.38. The maximum absolute atomic E-state index is 12.8. The molecule has 1 amide bonds. The number of hydrogen-bond donors (Lipinski definition) is 1. The summed E-state index contributed by atoms with van der Waals surface area (Å²) in [7, 11) is 0. The van der Waals surface area contributed by atoms with Gasteiger partial charge < -0.3 is 10.1 Å². The molecule has 0 bridgehead atoms. The third-order valence-electron chi connectivity index (χ3n) is 5.97. The zero-order chi connectivity index (χ0) is 25.5. The van der Waals surface area contributed by atoms with E-state index in [0.717, 1.165) is 36.8 Å². The highest BCUT2D eigenvalue weighted by molar-refractivity contribution is 7.99. The summed E-state index contributed by atoms with van der Waals surface area (Å²) in [4.78, 5) is 14.0. The first-order chi connectivity index (χ1) is 17.5. The largest absolute Gasteiger partial charge is 0.486 e. The molecule has 0 saturated heterocycles. The van der Waals surface area contributed by atoms with Crippen molar-refractivity contribution in [2.24, 2.45) is 0 Å². The summed E-state index contributed by atoms with van der Waals surface area (Å²) in [5.41, 5.74) is 2.68. The number of anilines is 1. The molecule has 1 aromatic carbocycles. The van der Waals surface area contributed by atoms with Crippen LogP contribution in [-0.2, 0) is 30.8 Å². The summed E-state index contributed by atoms with van der Waals surface area (Å²) >= 11 is 8.93. The number of fused-ring (bicyclic) bond motifs is 1. The number of allylic oxidation sites excluding steroid dienone is 1. The maximum atomic E-state index is 12.8. The molecule has 0 atom stereocenters.